The Balaban J connectivity index is 1.57. The number of hydrogen-bond donors (Lipinski definition) is 1. The number of thiazole rings is 1. The number of aryl methyl sites for hydroxylation is 1. The molecular formula is C25H25FN4S. The number of anilines is 1. The summed E-state index contributed by atoms with van der Waals surface area (Å²) in [6.45, 7) is 4.00. The molecule has 1 aliphatic heterocycles. The van der Waals surface area contributed by atoms with Crippen molar-refractivity contribution in [2.45, 2.75) is 25.8 Å². The highest BCUT2D eigenvalue weighted by molar-refractivity contribution is 7.16. The minimum atomic E-state index is -0.197. The van der Waals surface area contributed by atoms with E-state index in [4.69, 9.17) is 4.98 Å². The molecule has 4 nitrogen and oxygen atoms in total. The van der Waals surface area contributed by atoms with Gasteiger partial charge in [0.15, 0.2) is 0 Å². The van der Waals surface area contributed by atoms with Crippen LogP contribution in [0.3, 0.4) is 0 Å². The molecule has 6 heteroatoms. The van der Waals surface area contributed by atoms with E-state index in [1.807, 2.05) is 23.8 Å². The minimum absolute atomic E-state index is 0.197. The first-order valence-electron chi connectivity index (χ1n) is 10.6. The van der Waals surface area contributed by atoms with Crippen molar-refractivity contribution in [1.82, 2.24) is 14.9 Å². The van der Waals surface area contributed by atoms with Crippen molar-refractivity contribution >= 4 is 27.2 Å². The second kappa shape index (κ2) is 8.36. The number of rotatable bonds is 4. The van der Waals surface area contributed by atoms with Gasteiger partial charge in [0.25, 0.3) is 0 Å². The summed E-state index contributed by atoms with van der Waals surface area (Å²) in [6.07, 6.45) is 4.15. The van der Waals surface area contributed by atoms with E-state index >= 15 is 0 Å². The molecule has 31 heavy (non-hydrogen) atoms. The van der Waals surface area contributed by atoms with E-state index < -0.39 is 0 Å². The Bertz CT molecular complexity index is 1230. The third-order valence-electron chi connectivity index (χ3n) is 6.05. The highest BCUT2D eigenvalue weighted by Gasteiger charge is 2.18. The first-order chi connectivity index (χ1) is 15.1. The zero-order valence-corrected chi connectivity index (χ0v) is 18.5. The maximum atomic E-state index is 13.9. The Morgan fingerprint density at radius 2 is 1.84 bits per heavy atom. The van der Waals surface area contributed by atoms with Gasteiger partial charge in [-0.1, -0.05) is 6.07 Å². The van der Waals surface area contributed by atoms with Gasteiger partial charge in [0.1, 0.15) is 5.82 Å². The number of fused-ring (bicyclic) bond motifs is 1. The topological polar surface area (TPSA) is 41.1 Å². The Hall–Kier alpha value is -2.83. The fraction of sp³-hybridized carbons (Fsp3) is 0.280. The van der Waals surface area contributed by atoms with Gasteiger partial charge in [-0.25, -0.2) is 9.37 Å². The van der Waals surface area contributed by atoms with Crippen LogP contribution in [0.15, 0.2) is 54.2 Å². The third kappa shape index (κ3) is 4.18. The number of halogens is 1. The van der Waals surface area contributed by atoms with Crippen molar-refractivity contribution < 1.29 is 4.39 Å². The van der Waals surface area contributed by atoms with Gasteiger partial charge in [-0.2, -0.15) is 0 Å². The molecule has 4 aromatic rings. The summed E-state index contributed by atoms with van der Waals surface area (Å²) in [7, 11) is 2.17. The van der Waals surface area contributed by atoms with Crippen LogP contribution in [-0.2, 0) is 0 Å². The maximum Gasteiger partial charge on any atom is 0.126 e. The standard InChI is InChI=1S/C25H25FN4S/c1-16-11-18(3-5-22(16)26)25-21(17-4-6-23-24(12-17)31-15-28-23)13-20(14-27-25)29-19-7-9-30(2)10-8-19/h3-6,11-15,19,29H,7-10H2,1-2H3. The molecule has 1 saturated heterocycles. The maximum absolute atomic E-state index is 13.9. The molecule has 1 fully saturated rings. The van der Waals surface area contributed by atoms with Gasteiger partial charge in [0, 0.05) is 17.2 Å². The molecule has 0 bridgehead atoms. The summed E-state index contributed by atoms with van der Waals surface area (Å²) in [4.78, 5) is 11.6. The summed E-state index contributed by atoms with van der Waals surface area (Å²) >= 11 is 1.63. The van der Waals surface area contributed by atoms with Gasteiger partial charge in [0.05, 0.1) is 33.3 Å². The van der Waals surface area contributed by atoms with Gasteiger partial charge >= 0.3 is 0 Å². The second-order valence-electron chi connectivity index (χ2n) is 8.34. The molecule has 0 saturated carbocycles. The van der Waals surface area contributed by atoms with Gasteiger partial charge < -0.3 is 10.2 Å². The van der Waals surface area contributed by atoms with E-state index in [1.165, 1.54) is 6.07 Å². The first kappa shape index (κ1) is 20.1. The number of piperidine rings is 1. The summed E-state index contributed by atoms with van der Waals surface area (Å²) in [5.41, 5.74) is 8.43. The smallest absolute Gasteiger partial charge is 0.126 e. The molecule has 158 valence electrons. The average Bonchev–Trinajstić information content (AvgIpc) is 3.25. The molecule has 0 radical (unpaired) electrons. The summed E-state index contributed by atoms with van der Waals surface area (Å²) in [5, 5.41) is 3.68. The average molecular weight is 433 g/mol. The van der Waals surface area contributed by atoms with Crippen LogP contribution in [0, 0.1) is 12.7 Å². The van der Waals surface area contributed by atoms with Gasteiger partial charge in [-0.3, -0.25) is 4.98 Å². The van der Waals surface area contributed by atoms with Crippen LogP contribution in [0.25, 0.3) is 32.6 Å². The number of benzene rings is 2. The van der Waals surface area contributed by atoms with Gasteiger partial charge in [-0.05, 0) is 87.4 Å². The predicted octanol–water partition coefficient (Wildman–Crippen LogP) is 5.98. The summed E-state index contributed by atoms with van der Waals surface area (Å²) in [6, 6.07) is 14.2. The van der Waals surface area contributed by atoms with Crippen LogP contribution in [-0.4, -0.2) is 41.0 Å². The zero-order chi connectivity index (χ0) is 21.4. The monoisotopic (exact) mass is 432 g/mol. The Morgan fingerprint density at radius 3 is 2.65 bits per heavy atom. The van der Waals surface area contributed by atoms with Crippen molar-refractivity contribution in [3.63, 3.8) is 0 Å². The fourth-order valence-corrected chi connectivity index (χ4v) is 4.91. The van der Waals surface area contributed by atoms with E-state index in [0.29, 0.717) is 11.6 Å². The third-order valence-corrected chi connectivity index (χ3v) is 6.84. The lowest BCUT2D eigenvalue weighted by Gasteiger charge is -2.30. The molecule has 1 aliphatic rings. The normalized spacial score (nSPS) is 15.5. The van der Waals surface area contributed by atoms with Crippen LogP contribution < -0.4 is 5.32 Å². The van der Waals surface area contributed by atoms with Crippen molar-refractivity contribution in [2.75, 3.05) is 25.5 Å². The van der Waals surface area contributed by atoms with Crippen molar-refractivity contribution in [3.8, 4) is 22.4 Å². The highest BCUT2D eigenvalue weighted by Crippen LogP contribution is 2.35. The lowest BCUT2D eigenvalue weighted by molar-refractivity contribution is 0.264. The van der Waals surface area contributed by atoms with E-state index in [-0.39, 0.29) is 5.82 Å². The molecule has 0 spiro atoms. The number of nitrogens with zero attached hydrogens (tertiary/aromatic N) is 3. The molecule has 0 aliphatic carbocycles. The molecule has 0 amide bonds. The molecule has 3 heterocycles. The molecule has 0 unspecified atom stereocenters. The zero-order valence-electron chi connectivity index (χ0n) is 17.7. The van der Waals surface area contributed by atoms with Crippen molar-refractivity contribution in [3.05, 3.63) is 65.6 Å². The minimum Gasteiger partial charge on any atom is -0.381 e. The molecule has 5 rings (SSSR count). The van der Waals surface area contributed by atoms with Crippen LogP contribution in [0.4, 0.5) is 10.1 Å². The highest BCUT2D eigenvalue weighted by atomic mass is 32.1. The molecular weight excluding hydrogens is 407 g/mol. The Kier molecular flexibility index (Phi) is 5.42. The van der Waals surface area contributed by atoms with Crippen LogP contribution in [0.1, 0.15) is 18.4 Å². The predicted molar refractivity (Wildman–Crippen MR) is 127 cm³/mol. The van der Waals surface area contributed by atoms with E-state index in [2.05, 4.69) is 46.5 Å². The first-order valence-corrected chi connectivity index (χ1v) is 11.5. The van der Waals surface area contributed by atoms with Crippen LogP contribution in [0.2, 0.25) is 0 Å². The number of aromatic nitrogens is 2. The largest absolute Gasteiger partial charge is 0.381 e. The summed E-state index contributed by atoms with van der Waals surface area (Å²) in [5.74, 6) is -0.197. The Morgan fingerprint density at radius 1 is 1.03 bits per heavy atom. The van der Waals surface area contributed by atoms with Gasteiger partial charge in [0.2, 0.25) is 0 Å². The lowest BCUT2D eigenvalue weighted by Crippen LogP contribution is -2.36. The van der Waals surface area contributed by atoms with Crippen molar-refractivity contribution in [2.24, 2.45) is 0 Å². The van der Waals surface area contributed by atoms with Crippen LogP contribution >= 0.6 is 11.3 Å². The fourth-order valence-electron chi connectivity index (χ4n) is 4.20. The number of pyridine rings is 1. The molecule has 2 aromatic carbocycles. The quantitative estimate of drug-likeness (QED) is 0.431. The second-order valence-corrected chi connectivity index (χ2v) is 9.23. The number of nitrogens with one attached hydrogen (secondary N) is 1. The molecule has 1 N–H and O–H groups in total. The van der Waals surface area contributed by atoms with Gasteiger partial charge in [-0.15, -0.1) is 11.3 Å². The van der Waals surface area contributed by atoms with Crippen molar-refractivity contribution in [1.29, 1.82) is 0 Å². The van der Waals surface area contributed by atoms with E-state index in [1.54, 1.807) is 18.3 Å². The SMILES string of the molecule is Cc1cc(-c2ncc(NC3CCN(C)CC3)cc2-c2ccc3ncsc3c2)ccc1F. The number of hydrogen-bond acceptors (Lipinski definition) is 5. The molecule has 0 atom stereocenters. The van der Waals surface area contributed by atoms with E-state index in [9.17, 15) is 4.39 Å². The molecule has 2 aromatic heterocycles. The Labute approximate surface area is 185 Å². The summed E-state index contributed by atoms with van der Waals surface area (Å²) < 4.78 is 15.0. The lowest BCUT2D eigenvalue weighted by atomic mass is 9.97. The van der Waals surface area contributed by atoms with Crippen LogP contribution in [0.5, 0.6) is 0 Å². The number of likely N-dealkylation sites (tertiary alicyclic amines) is 1. The van der Waals surface area contributed by atoms with E-state index in [0.717, 1.165) is 64.2 Å².